The number of ether oxygens (including phenoxy) is 1. The van der Waals surface area contributed by atoms with Crippen LogP contribution in [0.5, 0.6) is 0 Å². The Balaban J connectivity index is 2.08. The molecule has 1 heterocycles. The van der Waals surface area contributed by atoms with Gasteiger partial charge in [-0.05, 0) is 24.8 Å². The monoisotopic (exact) mass is 332 g/mol. The number of alkyl carbamates (subject to hydrolysis) is 1. The SMILES string of the molecule is CCC1(C)CC(OC(=O)NC)C(C)CN1CC(C)c1ccccc1. The molecule has 1 saturated heterocycles. The number of piperidine rings is 1. The summed E-state index contributed by atoms with van der Waals surface area (Å²) >= 11 is 0. The minimum Gasteiger partial charge on any atom is -0.446 e. The molecule has 1 aliphatic heterocycles. The second kappa shape index (κ2) is 8.02. The number of likely N-dealkylation sites (tertiary alicyclic amines) is 1. The highest BCUT2D eigenvalue weighted by molar-refractivity contribution is 5.66. The summed E-state index contributed by atoms with van der Waals surface area (Å²) in [6, 6.07) is 10.7. The highest BCUT2D eigenvalue weighted by atomic mass is 16.6. The van der Waals surface area contributed by atoms with Crippen molar-refractivity contribution in [3.8, 4) is 0 Å². The van der Waals surface area contributed by atoms with E-state index in [2.05, 4.69) is 68.2 Å². The molecule has 24 heavy (non-hydrogen) atoms. The van der Waals surface area contributed by atoms with Crippen LogP contribution in [0.3, 0.4) is 0 Å². The van der Waals surface area contributed by atoms with Gasteiger partial charge in [0, 0.05) is 38.0 Å². The van der Waals surface area contributed by atoms with E-state index in [-0.39, 0.29) is 17.7 Å². The summed E-state index contributed by atoms with van der Waals surface area (Å²) in [6.45, 7) is 11.0. The number of nitrogens with zero attached hydrogens (tertiary/aromatic N) is 1. The van der Waals surface area contributed by atoms with Crippen LogP contribution < -0.4 is 5.32 Å². The van der Waals surface area contributed by atoms with Gasteiger partial charge in [0.1, 0.15) is 6.10 Å². The summed E-state index contributed by atoms with van der Waals surface area (Å²) in [5, 5.41) is 2.57. The average molecular weight is 332 g/mol. The summed E-state index contributed by atoms with van der Waals surface area (Å²) < 4.78 is 5.61. The van der Waals surface area contributed by atoms with Gasteiger partial charge in [-0.1, -0.05) is 51.1 Å². The highest BCUT2D eigenvalue weighted by Crippen LogP contribution is 2.36. The summed E-state index contributed by atoms with van der Waals surface area (Å²) in [5.41, 5.74) is 1.45. The van der Waals surface area contributed by atoms with Crippen LogP contribution in [-0.2, 0) is 4.74 Å². The zero-order chi connectivity index (χ0) is 17.7. The number of nitrogens with one attached hydrogen (secondary N) is 1. The van der Waals surface area contributed by atoms with Crippen molar-refractivity contribution in [2.45, 2.75) is 58.1 Å². The maximum atomic E-state index is 11.6. The number of hydrogen-bond acceptors (Lipinski definition) is 3. The first kappa shape index (κ1) is 18.8. The second-order valence-electron chi connectivity index (χ2n) is 7.44. The van der Waals surface area contributed by atoms with Gasteiger partial charge >= 0.3 is 6.09 Å². The van der Waals surface area contributed by atoms with Crippen molar-refractivity contribution in [3.63, 3.8) is 0 Å². The normalized spacial score (nSPS) is 29.0. The highest BCUT2D eigenvalue weighted by Gasteiger charge is 2.42. The van der Waals surface area contributed by atoms with E-state index in [9.17, 15) is 4.79 Å². The summed E-state index contributed by atoms with van der Waals surface area (Å²) in [6.07, 6.45) is 1.60. The van der Waals surface area contributed by atoms with Gasteiger partial charge in [-0.3, -0.25) is 4.90 Å². The van der Waals surface area contributed by atoms with Crippen molar-refractivity contribution < 1.29 is 9.53 Å². The Labute approximate surface area is 146 Å². The predicted molar refractivity (Wildman–Crippen MR) is 98.2 cm³/mol. The third-order valence-electron chi connectivity index (χ3n) is 5.63. The third-order valence-corrected chi connectivity index (χ3v) is 5.63. The van der Waals surface area contributed by atoms with Crippen molar-refractivity contribution in [3.05, 3.63) is 35.9 Å². The molecule has 1 N–H and O–H groups in total. The molecule has 0 spiro atoms. The fourth-order valence-electron chi connectivity index (χ4n) is 3.68. The Morgan fingerprint density at radius 1 is 1.42 bits per heavy atom. The van der Waals surface area contributed by atoms with Gasteiger partial charge in [0.2, 0.25) is 0 Å². The van der Waals surface area contributed by atoms with Crippen LogP contribution in [0.2, 0.25) is 0 Å². The first-order chi connectivity index (χ1) is 11.4. The number of rotatable bonds is 5. The van der Waals surface area contributed by atoms with Gasteiger partial charge in [0.05, 0.1) is 0 Å². The zero-order valence-electron chi connectivity index (χ0n) is 15.7. The lowest BCUT2D eigenvalue weighted by Crippen LogP contribution is -2.58. The van der Waals surface area contributed by atoms with Crippen molar-refractivity contribution in [1.29, 1.82) is 0 Å². The van der Waals surface area contributed by atoms with Gasteiger partial charge < -0.3 is 10.1 Å². The van der Waals surface area contributed by atoms with E-state index in [1.165, 1.54) is 5.56 Å². The van der Waals surface area contributed by atoms with Gasteiger partial charge in [-0.15, -0.1) is 0 Å². The Morgan fingerprint density at radius 2 is 2.08 bits per heavy atom. The lowest BCUT2D eigenvalue weighted by Gasteiger charge is -2.50. The van der Waals surface area contributed by atoms with E-state index in [4.69, 9.17) is 4.74 Å². The van der Waals surface area contributed by atoms with Crippen LogP contribution in [0.25, 0.3) is 0 Å². The molecule has 0 bridgehead atoms. The molecule has 0 radical (unpaired) electrons. The van der Waals surface area contributed by atoms with Crippen molar-refractivity contribution >= 4 is 6.09 Å². The predicted octanol–water partition coefficient (Wildman–Crippen LogP) is 4.03. The fourth-order valence-corrected chi connectivity index (χ4v) is 3.68. The quantitative estimate of drug-likeness (QED) is 0.885. The van der Waals surface area contributed by atoms with Crippen LogP contribution >= 0.6 is 0 Å². The molecule has 134 valence electrons. The van der Waals surface area contributed by atoms with E-state index in [0.29, 0.717) is 11.8 Å². The standard InChI is InChI=1S/C20H32N2O2/c1-6-20(4)12-18(24-19(23)21-5)16(3)14-22(20)13-15(2)17-10-8-7-9-11-17/h7-11,15-16,18H,6,12-14H2,1-5H3,(H,21,23). The van der Waals surface area contributed by atoms with Crippen molar-refractivity contribution in [1.82, 2.24) is 10.2 Å². The minimum absolute atomic E-state index is 0.0156. The molecule has 1 aromatic carbocycles. The zero-order valence-corrected chi connectivity index (χ0v) is 15.7. The molecule has 0 saturated carbocycles. The van der Waals surface area contributed by atoms with E-state index in [1.807, 2.05) is 0 Å². The number of amides is 1. The molecule has 2 rings (SSSR count). The molecule has 4 nitrogen and oxygen atoms in total. The molecule has 1 fully saturated rings. The Hall–Kier alpha value is -1.55. The molecule has 4 atom stereocenters. The smallest absolute Gasteiger partial charge is 0.407 e. The van der Waals surface area contributed by atoms with Crippen LogP contribution in [0.1, 0.15) is 52.0 Å². The number of benzene rings is 1. The number of carbonyl (C=O) groups is 1. The van der Waals surface area contributed by atoms with Crippen LogP contribution in [0.4, 0.5) is 4.79 Å². The summed E-state index contributed by atoms with van der Waals surface area (Å²) in [4.78, 5) is 14.2. The van der Waals surface area contributed by atoms with Crippen LogP contribution in [0.15, 0.2) is 30.3 Å². The molecule has 4 heteroatoms. The Kier molecular flexibility index (Phi) is 6.27. The first-order valence-corrected chi connectivity index (χ1v) is 9.08. The lowest BCUT2D eigenvalue weighted by molar-refractivity contribution is -0.0550. The first-order valence-electron chi connectivity index (χ1n) is 9.08. The summed E-state index contributed by atoms with van der Waals surface area (Å²) in [5.74, 6) is 0.825. The van der Waals surface area contributed by atoms with E-state index in [0.717, 1.165) is 25.9 Å². The van der Waals surface area contributed by atoms with Gasteiger partial charge in [-0.2, -0.15) is 0 Å². The topological polar surface area (TPSA) is 41.6 Å². The molecule has 1 amide bonds. The van der Waals surface area contributed by atoms with Crippen LogP contribution in [0, 0.1) is 5.92 Å². The molecule has 1 aromatic rings. The van der Waals surface area contributed by atoms with Crippen molar-refractivity contribution in [2.75, 3.05) is 20.1 Å². The lowest BCUT2D eigenvalue weighted by atomic mass is 9.79. The maximum Gasteiger partial charge on any atom is 0.407 e. The minimum atomic E-state index is -0.323. The van der Waals surface area contributed by atoms with Gasteiger partial charge in [0.25, 0.3) is 0 Å². The van der Waals surface area contributed by atoms with Crippen LogP contribution in [-0.4, -0.2) is 42.8 Å². The Bertz CT molecular complexity index is 534. The molecule has 1 aliphatic rings. The number of hydrogen-bond donors (Lipinski definition) is 1. The maximum absolute atomic E-state index is 11.6. The van der Waals surface area contributed by atoms with E-state index < -0.39 is 0 Å². The molecule has 0 aliphatic carbocycles. The average Bonchev–Trinajstić information content (AvgIpc) is 2.59. The number of carbonyl (C=O) groups excluding carboxylic acids is 1. The largest absolute Gasteiger partial charge is 0.446 e. The molecular formula is C20H32N2O2. The second-order valence-corrected chi connectivity index (χ2v) is 7.44. The molecular weight excluding hydrogens is 300 g/mol. The Morgan fingerprint density at radius 3 is 2.67 bits per heavy atom. The fraction of sp³-hybridized carbons (Fsp3) is 0.650. The molecule has 0 aromatic heterocycles. The van der Waals surface area contributed by atoms with Gasteiger partial charge in [0.15, 0.2) is 0 Å². The molecule has 4 unspecified atom stereocenters. The third kappa shape index (κ3) is 4.29. The summed E-state index contributed by atoms with van der Waals surface area (Å²) in [7, 11) is 1.61. The van der Waals surface area contributed by atoms with E-state index in [1.54, 1.807) is 7.05 Å². The van der Waals surface area contributed by atoms with Gasteiger partial charge in [-0.25, -0.2) is 4.79 Å². The van der Waals surface area contributed by atoms with Crippen molar-refractivity contribution in [2.24, 2.45) is 5.92 Å². The van der Waals surface area contributed by atoms with E-state index >= 15 is 0 Å².